The highest BCUT2D eigenvalue weighted by Gasteiger charge is 2.50. The lowest BCUT2D eigenvalue weighted by molar-refractivity contribution is 0.0729. The van der Waals surface area contributed by atoms with Crippen LogP contribution in [0.4, 0.5) is 0 Å². The number of fused-ring (bicyclic) bond motifs is 1. The zero-order valence-corrected chi connectivity index (χ0v) is 13.2. The van der Waals surface area contributed by atoms with E-state index in [1.54, 1.807) is 6.07 Å². The molecule has 122 valence electrons. The second-order valence-electron chi connectivity index (χ2n) is 6.87. The SMILES string of the molecule is Cc1ccc(-c2cc(C(=O)N3C[C@H]4CCC[C@@]4(CO)C3)n[nH]2)o1. The van der Waals surface area contributed by atoms with E-state index < -0.39 is 0 Å². The fourth-order valence-electron chi connectivity index (χ4n) is 4.13. The van der Waals surface area contributed by atoms with Gasteiger partial charge in [0.25, 0.3) is 5.91 Å². The van der Waals surface area contributed by atoms with Crippen LogP contribution in [0.25, 0.3) is 11.5 Å². The van der Waals surface area contributed by atoms with Gasteiger partial charge >= 0.3 is 0 Å². The molecule has 0 radical (unpaired) electrons. The number of aromatic nitrogens is 2. The predicted molar refractivity (Wildman–Crippen MR) is 83.8 cm³/mol. The summed E-state index contributed by atoms with van der Waals surface area (Å²) in [6, 6.07) is 5.47. The summed E-state index contributed by atoms with van der Waals surface area (Å²) in [6.45, 7) is 3.40. The summed E-state index contributed by atoms with van der Waals surface area (Å²) in [4.78, 5) is 14.6. The van der Waals surface area contributed by atoms with E-state index in [1.807, 2.05) is 24.0 Å². The first-order valence-corrected chi connectivity index (χ1v) is 8.14. The molecule has 2 atom stereocenters. The van der Waals surface area contributed by atoms with E-state index in [1.165, 1.54) is 0 Å². The Hall–Kier alpha value is -2.08. The van der Waals surface area contributed by atoms with Crippen molar-refractivity contribution >= 4 is 5.91 Å². The lowest BCUT2D eigenvalue weighted by Gasteiger charge is -2.25. The van der Waals surface area contributed by atoms with Crippen LogP contribution in [-0.2, 0) is 0 Å². The highest BCUT2D eigenvalue weighted by Crippen LogP contribution is 2.48. The Balaban J connectivity index is 1.53. The summed E-state index contributed by atoms with van der Waals surface area (Å²) in [5.41, 5.74) is 1.02. The minimum atomic E-state index is -0.0904. The number of nitrogens with one attached hydrogen (secondary N) is 1. The average molecular weight is 315 g/mol. The minimum absolute atomic E-state index is 0.0713. The normalized spacial score (nSPS) is 26.7. The van der Waals surface area contributed by atoms with Crippen LogP contribution >= 0.6 is 0 Å². The highest BCUT2D eigenvalue weighted by atomic mass is 16.3. The number of nitrogens with zero attached hydrogens (tertiary/aromatic N) is 2. The van der Waals surface area contributed by atoms with Crippen molar-refractivity contribution in [2.75, 3.05) is 19.7 Å². The van der Waals surface area contributed by atoms with Gasteiger partial charge < -0.3 is 14.4 Å². The molecule has 1 saturated heterocycles. The van der Waals surface area contributed by atoms with E-state index >= 15 is 0 Å². The number of aryl methyl sites for hydroxylation is 1. The lowest BCUT2D eigenvalue weighted by atomic mass is 9.82. The Labute approximate surface area is 134 Å². The maximum atomic E-state index is 12.7. The van der Waals surface area contributed by atoms with Gasteiger partial charge in [-0.1, -0.05) is 6.42 Å². The molecule has 2 aromatic heterocycles. The number of furan rings is 1. The zero-order chi connectivity index (χ0) is 16.0. The van der Waals surface area contributed by atoms with Crippen molar-refractivity contribution in [2.24, 2.45) is 11.3 Å². The van der Waals surface area contributed by atoms with E-state index in [9.17, 15) is 9.90 Å². The Bertz CT molecular complexity index is 735. The molecule has 2 aromatic rings. The van der Waals surface area contributed by atoms with E-state index in [4.69, 9.17) is 4.42 Å². The van der Waals surface area contributed by atoms with Crippen LogP contribution < -0.4 is 0 Å². The maximum absolute atomic E-state index is 12.7. The van der Waals surface area contributed by atoms with E-state index in [-0.39, 0.29) is 17.9 Å². The van der Waals surface area contributed by atoms with Crippen molar-refractivity contribution in [2.45, 2.75) is 26.2 Å². The van der Waals surface area contributed by atoms with Gasteiger partial charge in [0.2, 0.25) is 0 Å². The van der Waals surface area contributed by atoms with Crippen LogP contribution in [0, 0.1) is 18.3 Å². The quantitative estimate of drug-likeness (QED) is 0.910. The first kappa shape index (κ1) is 14.5. The van der Waals surface area contributed by atoms with Crippen LogP contribution in [0.15, 0.2) is 22.6 Å². The molecule has 23 heavy (non-hydrogen) atoms. The largest absolute Gasteiger partial charge is 0.460 e. The minimum Gasteiger partial charge on any atom is -0.460 e. The molecule has 2 fully saturated rings. The summed E-state index contributed by atoms with van der Waals surface area (Å²) in [5, 5.41) is 16.8. The number of hydrogen-bond acceptors (Lipinski definition) is 4. The fraction of sp³-hybridized carbons (Fsp3) is 0.529. The number of aromatic amines is 1. The molecule has 2 aliphatic rings. The number of H-pyrrole nitrogens is 1. The third-order valence-electron chi connectivity index (χ3n) is 5.44. The number of aliphatic hydroxyl groups excluding tert-OH is 1. The monoisotopic (exact) mass is 315 g/mol. The van der Waals surface area contributed by atoms with E-state index in [0.717, 1.165) is 31.6 Å². The fourth-order valence-corrected chi connectivity index (χ4v) is 4.13. The number of rotatable bonds is 3. The Morgan fingerprint density at radius 1 is 1.57 bits per heavy atom. The van der Waals surface area contributed by atoms with Crippen LogP contribution in [0.2, 0.25) is 0 Å². The predicted octanol–water partition coefficient (Wildman–Crippen LogP) is 2.21. The third-order valence-corrected chi connectivity index (χ3v) is 5.44. The molecule has 0 unspecified atom stereocenters. The summed E-state index contributed by atoms with van der Waals surface area (Å²) >= 11 is 0. The van der Waals surface area contributed by atoms with Crippen molar-refractivity contribution < 1.29 is 14.3 Å². The van der Waals surface area contributed by atoms with E-state index in [0.29, 0.717) is 29.6 Å². The zero-order valence-electron chi connectivity index (χ0n) is 13.2. The Morgan fingerprint density at radius 3 is 3.13 bits per heavy atom. The smallest absolute Gasteiger partial charge is 0.274 e. The molecule has 0 spiro atoms. The third kappa shape index (κ3) is 2.28. The number of carbonyl (C=O) groups excluding carboxylic acids is 1. The second-order valence-corrected chi connectivity index (χ2v) is 6.87. The number of aliphatic hydroxyl groups is 1. The molecule has 1 aliphatic heterocycles. The van der Waals surface area contributed by atoms with Gasteiger partial charge in [0.05, 0.1) is 6.61 Å². The Morgan fingerprint density at radius 2 is 2.43 bits per heavy atom. The van der Waals surface area contributed by atoms with Gasteiger partial charge in [-0.25, -0.2) is 0 Å². The summed E-state index contributed by atoms with van der Waals surface area (Å²) < 4.78 is 5.55. The highest BCUT2D eigenvalue weighted by molar-refractivity contribution is 5.93. The van der Waals surface area contributed by atoms with Gasteiger partial charge in [-0.3, -0.25) is 9.89 Å². The molecular formula is C17H21N3O3. The molecule has 0 aromatic carbocycles. The molecule has 0 bridgehead atoms. The molecule has 2 N–H and O–H groups in total. The molecule has 6 nitrogen and oxygen atoms in total. The summed E-state index contributed by atoms with van der Waals surface area (Å²) in [5.74, 6) is 1.85. The van der Waals surface area contributed by atoms with Gasteiger partial charge in [0, 0.05) is 24.6 Å². The molecule has 6 heteroatoms. The molecule has 1 saturated carbocycles. The standard InChI is InChI=1S/C17H21N3O3/c1-11-4-5-15(23-11)13-7-14(19-18-13)16(22)20-8-12-3-2-6-17(12,9-20)10-21/h4-5,7,12,21H,2-3,6,8-10H2,1H3,(H,18,19)/t12-,17+/m1/s1. The van der Waals surface area contributed by atoms with Crippen molar-refractivity contribution in [3.63, 3.8) is 0 Å². The van der Waals surface area contributed by atoms with Gasteiger partial charge in [-0.05, 0) is 37.8 Å². The van der Waals surface area contributed by atoms with Crippen molar-refractivity contribution in [1.82, 2.24) is 15.1 Å². The number of amides is 1. The van der Waals surface area contributed by atoms with Crippen LogP contribution in [0.1, 0.15) is 35.5 Å². The number of hydrogen-bond donors (Lipinski definition) is 2. The average Bonchev–Trinajstić information content (AvgIpc) is 3.28. The van der Waals surface area contributed by atoms with Gasteiger partial charge in [-0.15, -0.1) is 0 Å². The molecular weight excluding hydrogens is 294 g/mol. The lowest BCUT2D eigenvalue weighted by Crippen LogP contribution is -2.34. The van der Waals surface area contributed by atoms with Crippen LogP contribution in [0.3, 0.4) is 0 Å². The van der Waals surface area contributed by atoms with Crippen LogP contribution in [0.5, 0.6) is 0 Å². The molecule has 1 aliphatic carbocycles. The second kappa shape index (κ2) is 5.23. The number of likely N-dealkylation sites (tertiary alicyclic amines) is 1. The molecule has 1 amide bonds. The molecule has 3 heterocycles. The van der Waals surface area contributed by atoms with Crippen molar-refractivity contribution in [3.05, 3.63) is 29.7 Å². The molecule has 4 rings (SSSR count). The van der Waals surface area contributed by atoms with E-state index in [2.05, 4.69) is 10.2 Å². The maximum Gasteiger partial charge on any atom is 0.274 e. The number of carbonyl (C=O) groups is 1. The topological polar surface area (TPSA) is 82.4 Å². The summed E-state index contributed by atoms with van der Waals surface area (Å²) in [7, 11) is 0. The first-order chi connectivity index (χ1) is 11.1. The van der Waals surface area contributed by atoms with Crippen LogP contribution in [-0.4, -0.2) is 45.8 Å². The van der Waals surface area contributed by atoms with Gasteiger partial charge in [0.15, 0.2) is 11.5 Å². The van der Waals surface area contributed by atoms with Gasteiger partial charge in [-0.2, -0.15) is 5.10 Å². The summed E-state index contributed by atoms with van der Waals surface area (Å²) in [6.07, 6.45) is 3.26. The van der Waals surface area contributed by atoms with Crippen molar-refractivity contribution in [1.29, 1.82) is 0 Å². The van der Waals surface area contributed by atoms with Gasteiger partial charge in [0.1, 0.15) is 11.5 Å². The Kier molecular flexibility index (Phi) is 3.30. The first-order valence-electron chi connectivity index (χ1n) is 8.14. The van der Waals surface area contributed by atoms with Crippen molar-refractivity contribution in [3.8, 4) is 11.5 Å².